The fourth-order valence-corrected chi connectivity index (χ4v) is 11.3. The lowest BCUT2D eigenvalue weighted by Gasteiger charge is -2.56. The lowest BCUT2D eigenvalue weighted by molar-refractivity contribution is 0.0117. The van der Waals surface area contributed by atoms with Gasteiger partial charge < -0.3 is 0 Å². The average molecular weight is 514 g/mol. The monoisotopic (exact) mass is 512 g/mol. The Morgan fingerprint density at radius 2 is 0.750 bits per heavy atom. The van der Waals surface area contributed by atoms with Crippen LogP contribution in [0, 0.1) is 47.3 Å². The predicted molar refractivity (Wildman–Crippen MR) is 127 cm³/mol. The molecule has 0 bridgehead atoms. The van der Waals surface area contributed by atoms with E-state index in [2.05, 4.69) is 31.9 Å². The molecule has 0 radical (unpaired) electrons. The molecule has 0 nitrogen and oxygen atoms in total. The van der Waals surface area contributed by atoms with Crippen LogP contribution in [-0.2, 0) is 0 Å². The topological polar surface area (TPSA) is 0 Å². The average Bonchev–Trinajstić information content (AvgIpc) is 2.78. The SMILES string of the molecule is BrC1C2CCC(C3CCCCC3)CC2C(Br)C2CCC(C3CCCCC3)CC12. The zero-order valence-corrected chi connectivity index (χ0v) is 21.0. The Morgan fingerprint density at radius 1 is 0.357 bits per heavy atom. The maximum absolute atomic E-state index is 4.35. The summed E-state index contributed by atoms with van der Waals surface area (Å²) in [5.74, 6) is 8.07. The molecule has 0 saturated heterocycles. The van der Waals surface area contributed by atoms with Gasteiger partial charge in [-0.15, -0.1) is 0 Å². The van der Waals surface area contributed by atoms with E-state index in [0.717, 1.165) is 57.0 Å². The van der Waals surface area contributed by atoms with Gasteiger partial charge in [-0.3, -0.25) is 0 Å². The summed E-state index contributed by atoms with van der Waals surface area (Å²) in [7, 11) is 0. The Morgan fingerprint density at radius 3 is 1.14 bits per heavy atom. The molecular formula is C26H42Br2. The number of hydrogen-bond donors (Lipinski definition) is 0. The molecule has 0 aromatic carbocycles. The first-order chi connectivity index (χ1) is 13.7. The second-order valence-corrected chi connectivity index (χ2v) is 13.6. The lowest BCUT2D eigenvalue weighted by Crippen LogP contribution is -2.52. The molecule has 5 saturated carbocycles. The van der Waals surface area contributed by atoms with Crippen LogP contribution in [0.2, 0.25) is 0 Å². The summed E-state index contributed by atoms with van der Waals surface area (Å²) in [6.07, 6.45) is 24.4. The van der Waals surface area contributed by atoms with Crippen molar-refractivity contribution in [1.82, 2.24) is 0 Å². The highest BCUT2D eigenvalue weighted by Gasteiger charge is 2.52. The zero-order chi connectivity index (χ0) is 19.1. The van der Waals surface area contributed by atoms with Crippen LogP contribution < -0.4 is 0 Å². The minimum Gasteiger partial charge on any atom is -0.0884 e. The van der Waals surface area contributed by atoms with Crippen LogP contribution in [0.15, 0.2) is 0 Å². The van der Waals surface area contributed by atoms with Gasteiger partial charge in [-0.1, -0.05) is 96.1 Å². The zero-order valence-electron chi connectivity index (χ0n) is 17.8. The van der Waals surface area contributed by atoms with E-state index in [1.165, 1.54) is 64.2 Å². The third-order valence-corrected chi connectivity index (χ3v) is 13.0. The molecule has 0 spiro atoms. The van der Waals surface area contributed by atoms with Crippen molar-refractivity contribution >= 4 is 31.9 Å². The van der Waals surface area contributed by atoms with E-state index in [4.69, 9.17) is 0 Å². The quantitative estimate of drug-likeness (QED) is 0.323. The minimum atomic E-state index is 0.815. The molecule has 0 N–H and O–H groups in total. The van der Waals surface area contributed by atoms with Gasteiger partial charge in [0.1, 0.15) is 0 Å². The molecule has 2 heteroatoms. The van der Waals surface area contributed by atoms with Crippen LogP contribution in [-0.4, -0.2) is 9.65 Å². The van der Waals surface area contributed by atoms with E-state index < -0.39 is 0 Å². The van der Waals surface area contributed by atoms with Crippen molar-refractivity contribution in [1.29, 1.82) is 0 Å². The summed E-state index contributed by atoms with van der Waals surface area (Å²) in [6, 6.07) is 0. The van der Waals surface area contributed by atoms with Gasteiger partial charge in [-0.05, 0) is 85.9 Å². The van der Waals surface area contributed by atoms with Crippen molar-refractivity contribution in [2.24, 2.45) is 47.3 Å². The molecule has 8 unspecified atom stereocenters. The largest absolute Gasteiger partial charge is 0.0884 e. The number of alkyl halides is 2. The van der Waals surface area contributed by atoms with Crippen LogP contribution in [0.25, 0.3) is 0 Å². The van der Waals surface area contributed by atoms with Crippen LogP contribution in [0.1, 0.15) is 103 Å². The fraction of sp³-hybridized carbons (Fsp3) is 1.00. The third kappa shape index (κ3) is 4.05. The van der Waals surface area contributed by atoms with Gasteiger partial charge in [0.25, 0.3) is 0 Å². The van der Waals surface area contributed by atoms with Gasteiger partial charge >= 0.3 is 0 Å². The van der Waals surface area contributed by atoms with Gasteiger partial charge in [0.2, 0.25) is 0 Å². The van der Waals surface area contributed by atoms with Gasteiger partial charge in [0.15, 0.2) is 0 Å². The van der Waals surface area contributed by atoms with Crippen LogP contribution in [0.3, 0.4) is 0 Å². The van der Waals surface area contributed by atoms with E-state index in [1.807, 2.05) is 0 Å². The molecule has 5 aliphatic carbocycles. The molecule has 0 heterocycles. The lowest BCUT2D eigenvalue weighted by atomic mass is 9.54. The van der Waals surface area contributed by atoms with E-state index in [9.17, 15) is 0 Å². The Hall–Kier alpha value is 0.960. The highest BCUT2D eigenvalue weighted by Crippen LogP contribution is 2.58. The molecule has 0 aromatic rings. The molecular weight excluding hydrogens is 472 g/mol. The van der Waals surface area contributed by atoms with Crippen LogP contribution in [0.4, 0.5) is 0 Å². The summed E-state index contributed by atoms with van der Waals surface area (Å²) in [6.45, 7) is 0. The molecule has 160 valence electrons. The van der Waals surface area contributed by atoms with Crippen molar-refractivity contribution in [2.75, 3.05) is 0 Å². The van der Waals surface area contributed by atoms with Crippen molar-refractivity contribution in [3.05, 3.63) is 0 Å². The summed E-state index contributed by atoms with van der Waals surface area (Å²) in [4.78, 5) is 1.63. The second-order valence-electron chi connectivity index (χ2n) is 11.5. The van der Waals surface area contributed by atoms with Crippen molar-refractivity contribution in [3.63, 3.8) is 0 Å². The van der Waals surface area contributed by atoms with Gasteiger partial charge in [0, 0.05) is 9.65 Å². The van der Waals surface area contributed by atoms with Gasteiger partial charge in [-0.25, -0.2) is 0 Å². The summed E-state index contributed by atoms with van der Waals surface area (Å²) in [5.41, 5.74) is 0. The van der Waals surface area contributed by atoms with Gasteiger partial charge in [0.05, 0.1) is 0 Å². The molecule has 5 aliphatic rings. The third-order valence-electron chi connectivity index (χ3n) is 10.3. The first-order valence-corrected chi connectivity index (χ1v) is 14.8. The summed E-state index contributed by atoms with van der Waals surface area (Å²) in [5, 5.41) is 0. The predicted octanol–water partition coefficient (Wildman–Crippen LogP) is 8.75. The molecule has 8 atom stereocenters. The standard InChI is InChI=1S/C26H42Br2/c27-25-22-14-12-20(18-9-5-2-6-10-18)16-24(22)26(28)21-13-11-19(15-23(21)25)17-7-3-1-4-8-17/h17-26H,1-16H2. The second kappa shape index (κ2) is 9.22. The molecule has 0 aliphatic heterocycles. The van der Waals surface area contributed by atoms with E-state index in [-0.39, 0.29) is 0 Å². The van der Waals surface area contributed by atoms with Crippen molar-refractivity contribution in [3.8, 4) is 0 Å². The first kappa shape index (κ1) is 20.8. The Kier molecular flexibility index (Phi) is 6.86. The summed E-state index contributed by atoms with van der Waals surface area (Å²) < 4.78 is 0. The first-order valence-electron chi connectivity index (χ1n) is 13.0. The van der Waals surface area contributed by atoms with Crippen LogP contribution >= 0.6 is 31.9 Å². The Bertz CT molecular complexity index is 461. The minimum absolute atomic E-state index is 0.815. The molecule has 0 aromatic heterocycles. The maximum Gasteiger partial charge on any atom is 0.0208 e. The highest BCUT2D eigenvalue weighted by molar-refractivity contribution is 9.10. The van der Waals surface area contributed by atoms with E-state index in [1.54, 1.807) is 38.5 Å². The Balaban J connectivity index is 1.26. The fourth-order valence-electron chi connectivity index (χ4n) is 8.75. The smallest absolute Gasteiger partial charge is 0.0208 e. The van der Waals surface area contributed by atoms with Crippen LogP contribution in [0.5, 0.6) is 0 Å². The number of halogens is 2. The normalized spacial score (nSPS) is 48.6. The maximum atomic E-state index is 4.35. The number of rotatable bonds is 2. The number of hydrogen-bond acceptors (Lipinski definition) is 0. The number of fused-ring (bicyclic) bond motifs is 2. The molecule has 0 amide bonds. The summed E-state index contributed by atoms with van der Waals surface area (Å²) >= 11 is 8.69. The molecule has 5 fully saturated rings. The Labute approximate surface area is 191 Å². The van der Waals surface area contributed by atoms with Crippen molar-refractivity contribution in [2.45, 2.75) is 112 Å². The van der Waals surface area contributed by atoms with E-state index >= 15 is 0 Å². The molecule has 5 rings (SSSR count). The van der Waals surface area contributed by atoms with Crippen molar-refractivity contribution < 1.29 is 0 Å². The molecule has 28 heavy (non-hydrogen) atoms. The highest BCUT2D eigenvalue weighted by atomic mass is 79.9. The van der Waals surface area contributed by atoms with E-state index in [0.29, 0.717) is 0 Å². The van der Waals surface area contributed by atoms with Gasteiger partial charge in [-0.2, -0.15) is 0 Å².